The van der Waals surface area contributed by atoms with Crippen LogP contribution in [0, 0.1) is 11.3 Å². The molecule has 0 spiro atoms. The Balaban J connectivity index is 1.54. The van der Waals surface area contributed by atoms with Gasteiger partial charge in [-0.2, -0.15) is 5.26 Å². The average Bonchev–Trinajstić information content (AvgIpc) is 2.70. The monoisotopic (exact) mass is 409 g/mol. The Kier molecular flexibility index (Phi) is 6.71. The summed E-state index contributed by atoms with van der Waals surface area (Å²) >= 11 is 6.00. The van der Waals surface area contributed by atoms with E-state index in [4.69, 9.17) is 16.3 Å². The Hall–Kier alpha value is -2.65. The highest BCUT2D eigenvalue weighted by Gasteiger charge is 2.20. The zero-order valence-electron chi connectivity index (χ0n) is 16.5. The number of aromatic nitrogens is 1. The van der Waals surface area contributed by atoms with Crippen molar-refractivity contribution in [1.29, 1.82) is 5.26 Å². The van der Waals surface area contributed by atoms with Gasteiger partial charge in [0.15, 0.2) is 0 Å². The van der Waals surface area contributed by atoms with Gasteiger partial charge in [0.05, 0.1) is 5.02 Å². The molecule has 3 rings (SSSR count). The number of fused-ring (bicyclic) bond motifs is 1. The lowest BCUT2D eigenvalue weighted by molar-refractivity contribution is 0.0986. The maximum absolute atomic E-state index is 10.3. The van der Waals surface area contributed by atoms with Crippen LogP contribution < -0.4 is 10.1 Å². The van der Waals surface area contributed by atoms with Crippen molar-refractivity contribution in [2.45, 2.75) is 31.9 Å². The van der Waals surface area contributed by atoms with E-state index in [0.717, 1.165) is 22.9 Å². The number of nitrogens with one attached hydrogen (secondary N) is 1. The molecule has 1 heterocycles. The maximum Gasteiger partial charge on any atom is 0.138 e. The van der Waals surface area contributed by atoms with Gasteiger partial charge in [-0.1, -0.05) is 41.9 Å². The third-order valence-corrected chi connectivity index (χ3v) is 4.96. The van der Waals surface area contributed by atoms with Gasteiger partial charge in [-0.3, -0.25) is 4.98 Å². The Morgan fingerprint density at radius 1 is 1.21 bits per heavy atom. The van der Waals surface area contributed by atoms with Crippen LogP contribution >= 0.6 is 11.6 Å². The molecule has 0 aliphatic rings. The van der Waals surface area contributed by atoms with Crippen LogP contribution in [0.3, 0.4) is 0 Å². The molecule has 0 aliphatic carbocycles. The minimum atomic E-state index is -0.732. The Labute approximate surface area is 175 Å². The summed E-state index contributed by atoms with van der Waals surface area (Å²) in [5.74, 6) is 0.374. The second-order valence-electron chi connectivity index (χ2n) is 7.65. The van der Waals surface area contributed by atoms with Gasteiger partial charge in [0.1, 0.15) is 30.1 Å². The van der Waals surface area contributed by atoms with Crippen LogP contribution in [-0.4, -0.2) is 34.9 Å². The van der Waals surface area contributed by atoms with Gasteiger partial charge < -0.3 is 15.2 Å². The second kappa shape index (κ2) is 9.23. The quantitative estimate of drug-likeness (QED) is 0.585. The summed E-state index contributed by atoms with van der Waals surface area (Å²) in [6.07, 6.45) is 1.88. The number of rotatable bonds is 8. The van der Waals surface area contributed by atoms with Crippen LogP contribution in [0.15, 0.2) is 54.7 Å². The van der Waals surface area contributed by atoms with E-state index in [0.29, 0.717) is 17.3 Å². The largest absolute Gasteiger partial charge is 0.489 e. The molecule has 3 aromatic rings. The molecule has 0 radical (unpaired) electrons. The van der Waals surface area contributed by atoms with Gasteiger partial charge in [0.2, 0.25) is 0 Å². The predicted molar refractivity (Wildman–Crippen MR) is 115 cm³/mol. The van der Waals surface area contributed by atoms with Crippen molar-refractivity contribution in [2.24, 2.45) is 0 Å². The summed E-state index contributed by atoms with van der Waals surface area (Å²) in [5, 5.41) is 25.5. The molecule has 1 unspecified atom stereocenters. The maximum atomic E-state index is 10.3. The lowest BCUT2D eigenvalue weighted by atomic mass is 9.97. The highest BCUT2D eigenvalue weighted by molar-refractivity contribution is 6.31. The summed E-state index contributed by atoms with van der Waals surface area (Å²) in [4.78, 5) is 4.55. The smallest absolute Gasteiger partial charge is 0.138 e. The number of aliphatic hydroxyl groups is 1. The lowest BCUT2D eigenvalue weighted by Crippen LogP contribution is -2.46. The average molecular weight is 410 g/mol. The van der Waals surface area contributed by atoms with E-state index < -0.39 is 6.10 Å². The number of benzene rings is 2. The first-order valence-corrected chi connectivity index (χ1v) is 9.84. The van der Waals surface area contributed by atoms with Gasteiger partial charge >= 0.3 is 0 Å². The summed E-state index contributed by atoms with van der Waals surface area (Å²) in [6.45, 7) is 4.56. The van der Waals surface area contributed by atoms with Crippen LogP contribution in [0.25, 0.3) is 10.8 Å². The Morgan fingerprint density at radius 2 is 1.97 bits per heavy atom. The third-order valence-electron chi connectivity index (χ3n) is 4.65. The second-order valence-corrected chi connectivity index (χ2v) is 8.06. The number of β-amino-alcohol motifs (C(OH)–C–C–N with tert-alkyl or cyclic N) is 1. The molecule has 0 saturated heterocycles. The number of nitriles is 1. The molecule has 1 atom stereocenters. The fourth-order valence-corrected chi connectivity index (χ4v) is 3.32. The van der Waals surface area contributed by atoms with E-state index >= 15 is 0 Å². The van der Waals surface area contributed by atoms with Crippen molar-refractivity contribution in [1.82, 2.24) is 10.3 Å². The van der Waals surface area contributed by atoms with Gasteiger partial charge in [0, 0.05) is 35.8 Å². The van der Waals surface area contributed by atoms with Gasteiger partial charge in [-0.15, -0.1) is 0 Å². The molecule has 6 heteroatoms. The van der Waals surface area contributed by atoms with Crippen LogP contribution in [-0.2, 0) is 6.42 Å². The van der Waals surface area contributed by atoms with E-state index in [2.05, 4.69) is 36.3 Å². The molecule has 29 heavy (non-hydrogen) atoms. The number of aliphatic hydroxyl groups excluding tert-OH is 1. The topological polar surface area (TPSA) is 78.2 Å². The minimum absolute atomic E-state index is 0.0618. The number of hydrogen-bond acceptors (Lipinski definition) is 5. The molecule has 5 nitrogen and oxygen atoms in total. The predicted octanol–water partition coefficient (Wildman–Crippen LogP) is 4.11. The molecular formula is C23H24ClN3O2. The zero-order chi connectivity index (χ0) is 20.9. The van der Waals surface area contributed by atoms with E-state index in [-0.39, 0.29) is 17.7 Å². The van der Waals surface area contributed by atoms with Crippen molar-refractivity contribution >= 4 is 22.4 Å². The Morgan fingerprint density at radius 3 is 2.72 bits per heavy atom. The van der Waals surface area contributed by atoms with Gasteiger partial charge in [0.25, 0.3) is 0 Å². The number of pyridine rings is 1. The summed E-state index contributed by atoms with van der Waals surface area (Å²) in [7, 11) is 0. The summed E-state index contributed by atoms with van der Waals surface area (Å²) in [6, 6.07) is 17.3. The van der Waals surface area contributed by atoms with Crippen molar-refractivity contribution in [3.05, 3.63) is 71.0 Å². The molecule has 1 aromatic heterocycles. The van der Waals surface area contributed by atoms with Crippen molar-refractivity contribution in [2.75, 3.05) is 13.2 Å². The third kappa shape index (κ3) is 5.68. The fraction of sp³-hybridized carbons (Fsp3) is 0.304. The molecular weight excluding hydrogens is 386 g/mol. The molecule has 0 saturated carbocycles. The van der Waals surface area contributed by atoms with Crippen LogP contribution in [0.1, 0.15) is 25.1 Å². The number of ether oxygens (including phenoxy) is 1. The zero-order valence-corrected chi connectivity index (χ0v) is 17.3. The summed E-state index contributed by atoms with van der Waals surface area (Å²) in [5.41, 5.74) is 1.01. The minimum Gasteiger partial charge on any atom is -0.489 e. The molecule has 0 bridgehead atoms. The summed E-state index contributed by atoms with van der Waals surface area (Å²) < 4.78 is 5.59. The number of nitrogens with zero attached hydrogens (tertiary/aromatic N) is 2. The number of hydrogen-bond donors (Lipinski definition) is 2. The van der Waals surface area contributed by atoms with Crippen molar-refractivity contribution < 1.29 is 9.84 Å². The van der Waals surface area contributed by atoms with Crippen molar-refractivity contribution in [3.63, 3.8) is 0 Å². The molecule has 0 amide bonds. The first-order valence-electron chi connectivity index (χ1n) is 9.46. The van der Waals surface area contributed by atoms with E-state index in [9.17, 15) is 10.4 Å². The van der Waals surface area contributed by atoms with Gasteiger partial charge in [-0.05, 0) is 37.4 Å². The SMILES string of the molecule is CC(C)(Cc1cc2ccccc2cn1)NCC(O)COc1cccc(Cl)c1C#N. The number of halogens is 1. The first-order chi connectivity index (χ1) is 13.9. The highest BCUT2D eigenvalue weighted by atomic mass is 35.5. The highest BCUT2D eigenvalue weighted by Crippen LogP contribution is 2.25. The molecule has 2 N–H and O–H groups in total. The Bertz CT molecular complexity index is 1030. The van der Waals surface area contributed by atoms with Crippen LogP contribution in [0.2, 0.25) is 5.02 Å². The normalized spacial score (nSPS) is 12.5. The van der Waals surface area contributed by atoms with E-state index in [1.807, 2.05) is 30.5 Å². The fourth-order valence-electron chi connectivity index (χ4n) is 3.11. The molecule has 2 aromatic carbocycles. The van der Waals surface area contributed by atoms with Gasteiger partial charge in [-0.25, -0.2) is 0 Å². The standard InChI is InChI=1S/C23H24ClN3O2/c1-23(2,11-18-10-16-6-3-4-7-17(16)13-26-18)27-14-19(28)15-29-22-9-5-8-21(24)20(22)12-25/h3-10,13,19,27-28H,11,14-15H2,1-2H3. The van der Waals surface area contributed by atoms with Crippen molar-refractivity contribution in [3.8, 4) is 11.8 Å². The first kappa shape index (κ1) is 21.1. The van der Waals surface area contributed by atoms with E-state index in [1.54, 1.807) is 18.2 Å². The van der Waals surface area contributed by atoms with Crippen LogP contribution in [0.5, 0.6) is 5.75 Å². The molecule has 0 aliphatic heterocycles. The van der Waals surface area contributed by atoms with Crippen LogP contribution in [0.4, 0.5) is 0 Å². The molecule has 150 valence electrons. The lowest BCUT2D eigenvalue weighted by Gasteiger charge is -2.27. The molecule has 0 fully saturated rings. The van der Waals surface area contributed by atoms with E-state index in [1.165, 1.54) is 0 Å².